The van der Waals surface area contributed by atoms with Crippen molar-refractivity contribution < 1.29 is 13.2 Å². The molecular weight excluding hydrogens is 288 g/mol. The van der Waals surface area contributed by atoms with Gasteiger partial charge in [-0.1, -0.05) is 19.1 Å². The van der Waals surface area contributed by atoms with Crippen LogP contribution in [0.4, 0.5) is 0 Å². The first kappa shape index (κ1) is 16.4. The Balaban J connectivity index is 2.27. The monoisotopic (exact) mass is 312 g/mol. The van der Waals surface area contributed by atoms with E-state index in [0.29, 0.717) is 24.5 Å². The summed E-state index contributed by atoms with van der Waals surface area (Å²) < 4.78 is 32.4. The lowest BCUT2D eigenvalue weighted by atomic mass is 10.1. The Hall–Kier alpha value is -0.950. The van der Waals surface area contributed by atoms with Crippen molar-refractivity contribution in [3.8, 4) is 0 Å². The molecule has 118 valence electrons. The van der Waals surface area contributed by atoms with Gasteiger partial charge in [-0.3, -0.25) is 0 Å². The Labute approximate surface area is 127 Å². The van der Waals surface area contributed by atoms with Crippen molar-refractivity contribution in [2.75, 3.05) is 26.7 Å². The fourth-order valence-corrected chi connectivity index (χ4v) is 4.31. The molecule has 1 saturated heterocycles. The van der Waals surface area contributed by atoms with Crippen molar-refractivity contribution in [2.45, 2.75) is 37.8 Å². The largest absolute Gasteiger partial charge is 0.380 e. The Morgan fingerprint density at radius 1 is 1.43 bits per heavy atom. The number of methoxy groups -OCH3 is 1. The van der Waals surface area contributed by atoms with Crippen molar-refractivity contribution in [1.29, 1.82) is 0 Å². The maximum absolute atomic E-state index is 12.8. The molecule has 0 spiro atoms. The Bertz CT molecular complexity index is 587. The number of nitrogens with zero attached hydrogens (tertiary/aromatic N) is 1. The van der Waals surface area contributed by atoms with Gasteiger partial charge in [-0.25, -0.2) is 8.42 Å². The lowest BCUT2D eigenvalue weighted by Crippen LogP contribution is -2.30. The third kappa shape index (κ3) is 3.63. The molecule has 1 N–H and O–H groups in total. The summed E-state index contributed by atoms with van der Waals surface area (Å²) >= 11 is 0. The van der Waals surface area contributed by atoms with E-state index in [1.54, 1.807) is 13.2 Å². The van der Waals surface area contributed by atoms with Crippen molar-refractivity contribution >= 4 is 10.0 Å². The van der Waals surface area contributed by atoms with Gasteiger partial charge >= 0.3 is 0 Å². The van der Waals surface area contributed by atoms with Gasteiger partial charge in [0.05, 0.1) is 11.0 Å². The molecule has 1 aliphatic rings. The first-order chi connectivity index (χ1) is 9.98. The molecule has 5 nitrogen and oxygen atoms in total. The normalized spacial score (nSPS) is 20.0. The smallest absolute Gasteiger partial charge is 0.243 e. The van der Waals surface area contributed by atoms with E-state index in [-0.39, 0.29) is 6.10 Å². The highest BCUT2D eigenvalue weighted by molar-refractivity contribution is 7.89. The third-order valence-electron chi connectivity index (χ3n) is 3.89. The van der Waals surface area contributed by atoms with Gasteiger partial charge in [0.1, 0.15) is 0 Å². The van der Waals surface area contributed by atoms with Crippen LogP contribution in [0.25, 0.3) is 0 Å². The molecule has 1 fully saturated rings. The molecule has 0 aliphatic carbocycles. The standard InChI is InChI=1S/C15H24N2O3S/c1-4-16-10-13-6-5-12(2)15(9-13)21(18,19)17-8-7-14(11-17)20-3/h5-6,9,14,16H,4,7-8,10-11H2,1-3H3. The van der Waals surface area contributed by atoms with Crippen LogP contribution < -0.4 is 5.32 Å². The predicted octanol–water partition coefficient (Wildman–Crippen LogP) is 1.51. The van der Waals surface area contributed by atoms with Crippen LogP contribution in [0.1, 0.15) is 24.5 Å². The molecule has 0 bridgehead atoms. The van der Waals surface area contributed by atoms with Gasteiger partial charge in [0.15, 0.2) is 0 Å². The maximum atomic E-state index is 12.8. The summed E-state index contributed by atoms with van der Waals surface area (Å²) in [6.45, 7) is 6.37. The van der Waals surface area contributed by atoms with Crippen LogP contribution in [0, 0.1) is 6.92 Å². The predicted molar refractivity (Wildman–Crippen MR) is 82.7 cm³/mol. The molecule has 1 heterocycles. The maximum Gasteiger partial charge on any atom is 0.243 e. The quantitative estimate of drug-likeness (QED) is 0.865. The number of sulfonamides is 1. The SMILES string of the molecule is CCNCc1ccc(C)c(S(=O)(=O)N2CCC(OC)C2)c1. The minimum atomic E-state index is -3.43. The topological polar surface area (TPSA) is 58.6 Å². The molecule has 0 saturated carbocycles. The van der Waals surface area contributed by atoms with Gasteiger partial charge in [0.2, 0.25) is 10.0 Å². The number of benzene rings is 1. The van der Waals surface area contributed by atoms with Crippen LogP contribution in [0.5, 0.6) is 0 Å². The number of rotatable bonds is 6. The molecule has 2 rings (SSSR count). The van der Waals surface area contributed by atoms with E-state index >= 15 is 0 Å². The molecule has 0 radical (unpaired) electrons. The van der Waals surface area contributed by atoms with Gasteiger partial charge in [0, 0.05) is 26.7 Å². The summed E-state index contributed by atoms with van der Waals surface area (Å²) in [6, 6.07) is 5.63. The van der Waals surface area contributed by atoms with Crippen molar-refractivity contribution in [1.82, 2.24) is 9.62 Å². The minimum Gasteiger partial charge on any atom is -0.380 e. The Morgan fingerprint density at radius 3 is 2.81 bits per heavy atom. The Morgan fingerprint density at radius 2 is 2.19 bits per heavy atom. The summed E-state index contributed by atoms with van der Waals surface area (Å²) in [4.78, 5) is 0.412. The average molecular weight is 312 g/mol. The molecule has 1 aliphatic heterocycles. The molecule has 6 heteroatoms. The van der Waals surface area contributed by atoms with E-state index in [1.807, 2.05) is 26.0 Å². The van der Waals surface area contributed by atoms with Gasteiger partial charge in [-0.15, -0.1) is 0 Å². The first-order valence-electron chi connectivity index (χ1n) is 7.32. The second kappa shape index (κ2) is 6.87. The molecule has 1 unspecified atom stereocenters. The lowest BCUT2D eigenvalue weighted by molar-refractivity contribution is 0.115. The van der Waals surface area contributed by atoms with E-state index in [4.69, 9.17) is 4.74 Å². The summed E-state index contributed by atoms with van der Waals surface area (Å²) in [5.41, 5.74) is 1.78. The second-order valence-corrected chi connectivity index (χ2v) is 7.30. The van der Waals surface area contributed by atoms with Crippen LogP contribution in [0.15, 0.2) is 23.1 Å². The van der Waals surface area contributed by atoms with E-state index in [2.05, 4.69) is 5.32 Å². The molecule has 1 atom stereocenters. The van der Waals surface area contributed by atoms with Crippen LogP contribution >= 0.6 is 0 Å². The van der Waals surface area contributed by atoms with Crippen molar-refractivity contribution in [3.63, 3.8) is 0 Å². The highest BCUT2D eigenvalue weighted by atomic mass is 32.2. The number of aryl methyl sites for hydroxylation is 1. The van der Waals surface area contributed by atoms with E-state index in [0.717, 1.165) is 24.1 Å². The van der Waals surface area contributed by atoms with Gasteiger partial charge < -0.3 is 10.1 Å². The zero-order chi connectivity index (χ0) is 15.5. The summed E-state index contributed by atoms with van der Waals surface area (Å²) in [7, 11) is -1.81. The van der Waals surface area contributed by atoms with E-state index in [9.17, 15) is 8.42 Å². The molecule has 1 aromatic rings. The zero-order valence-electron chi connectivity index (χ0n) is 12.9. The van der Waals surface area contributed by atoms with Crippen LogP contribution in [-0.2, 0) is 21.3 Å². The number of hydrogen-bond acceptors (Lipinski definition) is 4. The van der Waals surface area contributed by atoms with Gasteiger partial charge in [0.25, 0.3) is 0 Å². The summed E-state index contributed by atoms with van der Waals surface area (Å²) in [5, 5.41) is 3.22. The molecule has 21 heavy (non-hydrogen) atoms. The fraction of sp³-hybridized carbons (Fsp3) is 0.600. The first-order valence-corrected chi connectivity index (χ1v) is 8.76. The molecule has 1 aromatic carbocycles. The lowest BCUT2D eigenvalue weighted by Gasteiger charge is -2.18. The minimum absolute atomic E-state index is 0.00465. The molecule has 0 aromatic heterocycles. The average Bonchev–Trinajstić information content (AvgIpc) is 2.96. The summed E-state index contributed by atoms with van der Waals surface area (Å²) in [5.74, 6) is 0. The van der Waals surface area contributed by atoms with Crippen LogP contribution in [0.3, 0.4) is 0 Å². The van der Waals surface area contributed by atoms with Gasteiger partial charge in [-0.2, -0.15) is 4.31 Å². The number of ether oxygens (including phenoxy) is 1. The molecule has 0 amide bonds. The zero-order valence-corrected chi connectivity index (χ0v) is 13.7. The van der Waals surface area contributed by atoms with E-state index in [1.165, 1.54) is 4.31 Å². The highest BCUT2D eigenvalue weighted by Gasteiger charge is 2.33. The van der Waals surface area contributed by atoms with Crippen molar-refractivity contribution in [2.24, 2.45) is 0 Å². The van der Waals surface area contributed by atoms with Crippen molar-refractivity contribution in [3.05, 3.63) is 29.3 Å². The summed E-state index contributed by atoms with van der Waals surface area (Å²) in [6.07, 6.45) is 0.760. The third-order valence-corrected chi connectivity index (χ3v) is 5.90. The number of hydrogen-bond donors (Lipinski definition) is 1. The number of nitrogens with one attached hydrogen (secondary N) is 1. The van der Waals surface area contributed by atoms with Crippen LogP contribution in [0.2, 0.25) is 0 Å². The van der Waals surface area contributed by atoms with Gasteiger partial charge in [-0.05, 0) is 37.1 Å². The van der Waals surface area contributed by atoms with Crippen LogP contribution in [-0.4, -0.2) is 45.6 Å². The fourth-order valence-electron chi connectivity index (χ4n) is 2.55. The highest BCUT2D eigenvalue weighted by Crippen LogP contribution is 2.25. The van der Waals surface area contributed by atoms with E-state index < -0.39 is 10.0 Å². The molecular formula is C15H24N2O3S. The Kier molecular flexibility index (Phi) is 5.37. The second-order valence-electron chi connectivity index (χ2n) is 5.39.